The molecule has 1 aliphatic heterocycles. The Bertz CT molecular complexity index is 801. The SMILES string of the molecule is CC(C)(O)C1CCC(NC(=O)c2cnc3nc(N4CCC4)sc3c2)CC1. The molecule has 7 heteroatoms. The van der Waals surface area contributed by atoms with Crippen LogP contribution in [-0.4, -0.2) is 45.7 Å². The van der Waals surface area contributed by atoms with Gasteiger partial charge in [0.2, 0.25) is 0 Å². The van der Waals surface area contributed by atoms with Gasteiger partial charge in [0.05, 0.1) is 15.9 Å². The van der Waals surface area contributed by atoms with Crippen molar-refractivity contribution in [3.63, 3.8) is 0 Å². The van der Waals surface area contributed by atoms with Gasteiger partial charge in [-0.15, -0.1) is 0 Å². The molecule has 0 radical (unpaired) electrons. The topological polar surface area (TPSA) is 78.3 Å². The summed E-state index contributed by atoms with van der Waals surface area (Å²) in [6, 6.07) is 2.08. The van der Waals surface area contributed by atoms with Crippen molar-refractivity contribution in [2.45, 2.75) is 57.6 Å². The maximum atomic E-state index is 12.6. The molecule has 2 fully saturated rings. The fraction of sp³-hybridized carbons (Fsp3) is 0.632. The zero-order valence-corrected chi connectivity index (χ0v) is 16.2. The molecule has 0 unspecified atom stereocenters. The molecule has 0 spiro atoms. The van der Waals surface area contributed by atoms with E-state index in [-0.39, 0.29) is 11.9 Å². The van der Waals surface area contributed by atoms with Crippen molar-refractivity contribution in [3.05, 3.63) is 17.8 Å². The summed E-state index contributed by atoms with van der Waals surface area (Å²) in [7, 11) is 0. The van der Waals surface area contributed by atoms with E-state index in [1.54, 1.807) is 17.5 Å². The smallest absolute Gasteiger partial charge is 0.253 e. The van der Waals surface area contributed by atoms with Gasteiger partial charge in [-0.2, -0.15) is 4.98 Å². The molecule has 6 nitrogen and oxygen atoms in total. The largest absolute Gasteiger partial charge is 0.390 e. The van der Waals surface area contributed by atoms with Crippen LogP contribution in [0.25, 0.3) is 10.3 Å². The van der Waals surface area contributed by atoms with Gasteiger partial charge >= 0.3 is 0 Å². The summed E-state index contributed by atoms with van der Waals surface area (Å²) in [5, 5.41) is 14.3. The van der Waals surface area contributed by atoms with E-state index in [1.165, 1.54) is 6.42 Å². The summed E-state index contributed by atoms with van der Waals surface area (Å²) in [6.45, 7) is 5.86. The molecule has 2 N–H and O–H groups in total. The van der Waals surface area contributed by atoms with E-state index in [1.807, 2.05) is 19.9 Å². The zero-order chi connectivity index (χ0) is 18.3. The highest BCUT2D eigenvalue weighted by atomic mass is 32.1. The van der Waals surface area contributed by atoms with Crippen molar-refractivity contribution in [1.29, 1.82) is 0 Å². The minimum absolute atomic E-state index is 0.0648. The van der Waals surface area contributed by atoms with E-state index in [2.05, 4.69) is 20.2 Å². The molecule has 2 aromatic rings. The number of fused-ring (bicyclic) bond motifs is 1. The minimum Gasteiger partial charge on any atom is -0.390 e. The predicted octanol–water partition coefficient (Wildman–Crippen LogP) is 2.96. The lowest BCUT2D eigenvalue weighted by atomic mass is 9.77. The van der Waals surface area contributed by atoms with Gasteiger partial charge in [0, 0.05) is 25.3 Å². The zero-order valence-electron chi connectivity index (χ0n) is 15.4. The Hall–Kier alpha value is -1.73. The number of aliphatic hydroxyl groups is 1. The number of hydrogen-bond acceptors (Lipinski definition) is 6. The third kappa shape index (κ3) is 3.55. The molecule has 1 amide bonds. The van der Waals surface area contributed by atoms with Crippen LogP contribution in [0.3, 0.4) is 0 Å². The van der Waals surface area contributed by atoms with Gasteiger partial charge in [-0.25, -0.2) is 4.98 Å². The number of hydrogen-bond donors (Lipinski definition) is 2. The van der Waals surface area contributed by atoms with Crippen molar-refractivity contribution >= 4 is 32.7 Å². The summed E-state index contributed by atoms with van der Waals surface area (Å²) in [5.41, 5.74) is 0.685. The summed E-state index contributed by atoms with van der Waals surface area (Å²) < 4.78 is 0.963. The van der Waals surface area contributed by atoms with Crippen LogP contribution in [0.1, 0.15) is 56.3 Å². The van der Waals surface area contributed by atoms with E-state index >= 15 is 0 Å². The summed E-state index contributed by atoms with van der Waals surface area (Å²) >= 11 is 1.61. The summed E-state index contributed by atoms with van der Waals surface area (Å²) in [4.78, 5) is 23.8. The highest BCUT2D eigenvalue weighted by molar-refractivity contribution is 7.22. The molecule has 26 heavy (non-hydrogen) atoms. The monoisotopic (exact) mass is 374 g/mol. The lowest BCUT2D eigenvalue weighted by molar-refractivity contribution is -0.00257. The third-order valence-corrected chi connectivity index (χ3v) is 6.74. The second-order valence-corrected chi connectivity index (χ2v) is 9.07. The van der Waals surface area contributed by atoms with Crippen LogP contribution in [0.15, 0.2) is 12.3 Å². The normalized spacial score (nSPS) is 23.7. The van der Waals surface area contributed by atoms with Gasteiger partial charge in [0.15, 0.2) is 10.8 Å². The molecule has 4 rings (SSSR count). The van der Waals surface area contributed by atoms with Gasteiger partial charge in [0.1, 0.15) is 0 Å². The lowest BCUT2D eigenvalue weighted by Crippen LogP contribution is -2.41. The number of carbonyl (C=O) groups is 1. The number of carbonyl (C=O) groups excluding carboxylic acids is 1. The number of aromatic nitrogens is 2. The van der Waals surface area contributed by atoms with E-state index in [9.17, 15) is 9.90 Å². The Morgan fingerprint density at radius 1 is 1.31 bits per heavy atom. The first kappa shape index (κ1) is 17.7. The van der Waals surface area contributed by atoms with Crippen molar-refractivity contribution in [2.75, 3.05) is 18.0 Å². The molecule has 1 aliphatic carbocycles. The van der Waals surface area contributed by atoms with E-state index in [0.29, 0.717) is 11.5 Å². The Morgan fingerprint density at radius 3 is 2.65 bits per heavy atom. The Balaban J connectivity index is 1.40. The predicted molar refractivity (Wildman–Crippen MR) is 104 cm³/mol. The molecule has 3 heterocycles. The molecule has 140 valence electrons. The number of amides is 1. The number of anilines is 1. The fourth-order valence-electron chi connectivity index (χ4n) is 3.79. The lowest BCUT2D eigenvalue weighted by Gasteiger charge is -2.36. The summed E-state index contributed by atoms with van der Waals surface area (Å²) in [5.74, 6) is 0.246. The third-order valence-electron chi connectivity index (χ3n) is 5.69. The van der Waals surface area contributed by atoms with Crippen LogP contribution in [-0.2, 0) is 0 Å². The van der Waals surface area contributed by atoms with Crippen LogP contribution in [0.4, 0.5) is 5.13 Å². The molecule has 0 aromatic carbocycles. The van der Waals surface area contributed by atoms with E-state index in [0.717, 1.165) is 54.3 Å². The van der Waals surface area contributed by atoms with Gasteiger partial charge in [-0.1, -0.05) is 11.3 Å². The first-order valence-corrected chi connectivity index (χ1v) is 10.3. The van der Waals surface area contributed by atoms with E-state index in [4.69, 9.17) is 0 Å². The molecule has 0 bridgehead atoms. The van der Waals surface area contributed by atoms with Crippen LogP contribution in [0, 0.1) is 5.92 Å². The Morgan fingerprint density at radius 2 is 2.04 bits per heavy atom. The van der Waals surface area contributed by atoms with E-state index < -0.39 is 5.60 Å². The minimum atomic E-state index is -0.635. The number of nitrogens with one attached hydrogen (secondary N) is 1. The molecular formula is C19H26N4O2S. The van der Waals surface area contributed by atoms with Crippen molar-refractivity contribution < 1.29 is 9.90 Å². The van der Waals surface area contributed by atoms with Crippen molar-refractivity contribution in [2.24, 2.45) is 5.92 Å². The first-order valence-electron chi connectivity index (χ1n) is 9.45. The fourth-order valence-corrected chi connectivity index (χ4v) is 4.80. The molecular weight excluding hydrogens is 348 g/mol. The van der Waals surface area contributed by atoms with Gasteiger partial charge in [-0.05, 0) is 57.9 Å². The molecule has 1 saturated heterocycles. The van der Waals surface area contributed by atoms with Gasteiger partial charge < -0.3 is 15.3 Å². The Kier molecular flexibility index (Phi) is 4.61. The highest BCUT2D eigenvalue weighted by Crippen LogP contribution is 2.33. The number of pyridine rings is 1. The second-order valence-electron chi connectivity index (χ2n) is 8.06. The summed E-state index contributed by atoms with van der Waals surface area (Å²) in [6.07, 6.45) is 6.55. The average Bonchev–Trinajstić information content (AvgIpc) is 2.95. The molecule has 2 aromatic heterocycles. The van der Waals surface area contributed by atoms with Crippen LogP contribution < -0.4 is 10.2 Å². The van der Waals surface area contributed by atoms with Gasteiger partial charge in [0.25, 0.3) is 5.91 Å². The highest BCUT2D eigenvalue weighted by Gasteiger charge is 2.32. The first-order chi connectivity index (χ1) is 12.4. The maximum Gasteiger partial charge on any atom is 0.253 e. The molecule has 0 atom stereocenters. The second kappa shape index (κ2) is 6.78. The maximum absolute atomic E-state index is 12.6. The molecule has 1 saturated carbocycles. The quantitative estimate of drug-likeness (QED) is 0.860. The van der Waals surface area contributed by atoms with Crippen molar-refractivity contribution in [1.82, 2.24) is 15.3 Å². The molecule has 2 aliphatic rings. The number of thiazole rings is 1. The van der Waals surface area contributed by atoms with Crippen LogP contribution in [0.2, 0.25) is 0 Å². The number of nitrogens with zero attached hydrogens (tertiary/aromatic N) is 3. The van der Waals surface area contributed by atoms with Crippen molar-refractivity contribution in [3.8, 4) is 0 Å². The van der Waals surface area contributed by atoms with Crippen LogP contribution >= 0.6 is 11.3 Å². The average molecular weight is 375 g/mol. The van der Waals surface area contributed by atoms with Gasteiger partial charge in [-0.3, -0.25) is 4.79 Å². The van der Waals surface area contributed by atoms with Crippen LogP contribution in [0.5, 0.6) is 0 Å². The standard InChI is InChI=1S/C19H26N4O2S/c1-19(2,25)13-4-6-14(7-5-13)21-17(24)12-10-15-16(20-11-12)22-18(26-15)23-8-3-9-23/h10-11,13-14,25H,3-9H2,1-2H3,(H,21,24). The number of rotatable bonds is 4. The Labute approximate surface area is 157 Å².